The van der Waals surface area contributed by atoms with E-state index in [9.17, 15) is 9.59 Å². The molecule has 1 N–H and O–H groups in total. The smallest absolute Gasteiger partial charge is 0.269 e. The lowest BCUT2D eigenvalue weighted by atomic mass is 9.99. The Morgan fingerprint density at radius 1 is 0.733 bits per heavy atom. The Morgan fingerprint density at radius 3 is 2.00 bits per heavy atom. The first-order valence-corrected chi connectivity index (χ1v) is 14.9. The van der Waals surface area contributed by atoms with E-state index < -0.39 is 42.7 Å². The quantitative estimate of drug-likeness (QED) is 0.166. The largest absolute Gasteiger partial charge is 0.457 e. The fourth-order valence-electron chi connectivity index (χ4n) is 5.41. The molecule has 4 aromatic carbocycles. The fraction of sp³-hybridized carbons (Fsp3) is 0.171. The molecule has 226 valence electrons. The molecule has 3 unspecified atom stereocenters. The maximum atomic E-state index is 13.9. The van der Waals surface area contributed by atoms with Crippen LogP contribution < -0.4 is 15.0 Å². The number of anilines is 1. The Bertz CT molecular complexity index is 1720. The second kappa shape index (κ2) is 12.7. The molecule has 7 rings (SSSR count). The van der Waals surface area contributed by atoms with Crippen LogP contribution in [0, 0.1) is 0 Å². The van der Waals surface area contributed by atoms with E-state index in [1.54, 1.807) is 24.3 Å². The van der Waals surface area contributed by atoms with Crippen molar-refractivity contribution in [3.05, 3.63) is 138 Å². The predicted molar refractivity (Wildman–Crippen MR) is 168 cm³/mol. The number of thiocarbonyl (C=S) groups is 1. The molecule has 3 aliphatic heterocycles. The molecule has 0 saturated carbocycles. The summed E-state index contributed by atoms with van der Waals surface area (Å²) in [5.74, 6) is 0.0500. The Kier molecular flexibility index (Phi) is 8.21. The molecular weight excluding hydrogens is 592 g/mol. The summed E-state index contributed by atoms with van der Waals surface area (Å²) in [5.41, 5.74) is 1.95. The Morgan fingerprint density at radius 2 is 1.33 bits per heavy atom. The van der Waals surface area contributed by atoms with Crippen LogP contribution in [0.4, 0.5) is 5.69 Å². The number of benzene rings is 4. The maximum Gasteiger partial charge on any atom is 0.269 e. The van der Waals surface area contributed by atoms with Crippen molar-refractivity contribution < 1.29 is 33.3 Å². The third kappa shape index (κ3) is 6.15. The molecule has 3 heterocycles. The third-order valence-electron chi connectivity index (χ3n) is 7.61. The molecule has 0 radical (unpaired) electrons. The molecule has 45 heavy (non-hydrogen) atoms. The van der Waals surface area contributed by atoms with Crippen LogP contribution >= 0.6 is 12.2 Å². The number of para-hydroxylation sites is 1. The fourth-order valence-corrected chi connectivity index (χ4v) is 5.69. The van der Waals surface area contributed by atoms with Crippen molar-refractivity contribution in [3.63, 3.8) is 0 Å². The molecule has 3 fully saturated rings. The Balaban J connectivity index is 1.18. The summed E-state index contributed by atoms with van der Waals surface area (Å²) >= 11 is 5.43. The summed E-state index contributed by atoms with van der Waals surface area (Å²) in [6.45, 7) is 0.227. The number of carbonyl (C=O) groups is 2. The molecule has 0 aliphatic carbocycles. The number of carbonyl (C=O) groups excluding carboxylic acids is 2. The Hall–Kier alpha value is -4.71. The van der Waals surface area contributed by atoms with Crippen molar-refractivity contribution in [2.24, 2.45) is 0 Å². The minimum absolute atomic E-state index is 0.0294. The minimum Gasteiger partial charge on any atom is -0.457 e. The van der Waals surface area contributed by atoms with Gasteiger partial charge in [-0.25, -0.2) is 0 Å². The second-order valence-corrected chi connectivity index (χ2v) is 11.0. The van der Waals surface area contributed by atoms with Gasteiger partial charge in [0, 0.05) is 11.1 Å². The van der Waals surface area contributed by atoms with Crippen LogP contribution in [-0.2, 0) is 28.5 Å². The second-order valence-electron chi connectivity index (χ2n) is 10.6. The molecule has 0 bridgehead atoms. The highest BCUT2D eigenvalue weighted by Gasteiger charge is 2.46. The lowest BCUT2D eigenvalue weighted by molar-refractivity contribution is -0.356. The molecule has 0 spiro atoms. The molecule has 4 aromatic rings. The Labute approximate surface area is 264 Å². The highest BCUT2D eigenvalue weighted by Crippen LogP contribution is 2.39. The van der Waals surface area contributed by atoms with Crippen LogP contribution in [0.2, 0.25) is 0 Å². The zero-order valence-corrected chi connectivity index (χ0v) is 24.7. The maximum absolute atomic E-state index is 13.9. The predicted octanol–water partition coefficient (Wildman–Crippen LogP) is 5.75. The van der Waals surface area contributed by atoms with Crippen LogP contribution in [0.3, 0.4) is 0 Å². The van der Waals surface area contributed by atoms with E-state index >= 15 is 0 Å². The third-order valence-corrected chi connectivity index (χ3v) is 7.90. The van der Waals surface area contributed by atoms with Crippen molar-refractivity contribution in [1.29, 1.82) is 0 Å². The number of fused-ring (bicyclic) bond motifs is 1. The SMILES string of the molecule is O=C1NC(=S)N(c2ccc(Oc3ccccc3)cc2)C(=O)/C1=C/C1OC(c2ccccc2)O[C@@H]2COC(c3ccccc3)O[C@H]12. The minimum atomic E-state index is -0.830. The van der Waals surface area contributed by atoms with Crippen molar-refractivity contribution in [2.75, 3.05) is 11.5 Å². The summed E-state index contributed by atoms with van der Waals surface area (Å²) in [7, 11) is 0. The average molecular weight is 621 g/mol. The van der Waals surface area contributed by atoms with E-state index in [1.165, 1.54) is 11.0 Å². The summed E-state index contributed by atoms with van der Waals surface area (Å²) in [6, 6.07) is 35.2. The summed E-state index contributed by atoms with van der Waals surface area (Å²) < 4.78 is 30.9. The number of hydrogen-bond donors (Lipinski definition) is 1. The zero-order chi connectivity index (χ0) is 30.8. The van der Waals surface area contributed by atoms with Gasteiger partial charge in [0.1, 0.15) is 35.4 Å². The summed E-state index contributed by atoms with van der Waals surface area (Å²) in [5, 5.41) is 2.62. The molecule has 10 heteroatoms. The van der Waals surface area contributed by atoms with E-state index in [2.05, 4.69) is 5.32 Å². The number of nitrogens with zero attached hydrogens (tertiary/aromatic N) is 1. The van der Waals surface area contributed by atoms with Crippen molar-refractivity contribution in [2.45, 2.75) is 30.9 Å². The first-order chi connectivity index (χ1) is 22.0. The lowest BCUT2D eigenvalue weighted by Crippen LogP contribution is -2.56. The van der Waals surface area contributed by atoms with Gasteiger partial charge in [-0.1, -0.05) is 78.9 Å². The van der Waals surface area contributed by atoms with E-state index in [4.69, 9.17) is 35.9 Å². The molecule has 2 amide bonds. The van der Waals surface area contributed by atoms with Gasteiger partial charge in [0.2, 0.25) is 0 Å². The topological polar surface area (TPSA) is 95.6 Å². The number of rotatable bonds is 6. The molecule has 5 atom stereocenters. The molecular formula is C35H28N2O7S. The molecule has 0 aromatic heterocycles. The normalized spacial score (nSPS) is 25.9. The van der Waals surface area contributed by atoms with Gasteiger partial charge in [-0.05, 0) is 54.7 Å². The number of amides is 2. The summed E-state index contributed by atoms with van der Waals surface area (Å²) in [6.07, 6.45) is -1.97. The van der Waals surface area contributed by atoms with Gasteiger partial charge in [-0.3, -0.25) is 19.8 Å². The number of ether oxygens (including phenoxy) is 5. The van der Waals surface area contributed by atoms with Crippen LogP contribution in [0.5, 0.6) is 11.5 Å². The van der Waals surface area contributed by atoms with Crippen LogP contribution in [0.15, 0.2) is 127 Å². The monoisotopic (exact) mass is 620 g/mol. The number of nitrogens with one attached hydrogen (secondary N) is 1. The molecule has 9 nitrogen and oxygen atoms in total. The lowest BCUT2D eigenvalue weighted by Gasteiger charge is -2.45. The van der Waals surface area contributed by atoms with E-state index in [0.29, 0.717) is 17.2 Å². The van der Waals surface area contributed by atoms with Gasteiger partial charge in [-0.15, -0.1) is 0 Å². The van der Waals surface area contributed by atoms with Crippen molar-refractivity contribution >= 4 is 34.8 Å². The van der Waals surface area contributed by atoms with Crippen LogP contribution in [0.1, 0.15) is 23.7 Å². The van der Waals surface area contributed by atoms with Gasteiger partial charge >= 0.3 is 0 Å². The van der Waals surface area contributed by atoms with Crippen molar-refractivity contribution in [1.82, 2.24) is 5.32 Å². The standard InChI is InChI=1S/C35H28N2O7S/c38-31-27(32(39)37(35(45)36-31)24-16-18-26(19-17-24)41-25-14-8-3-9-15-25)20-28-30-29(43-34(42-28)23-12-6-2-7-13-23)21-40-33(44-30)22-10-4-1-5-11-22/h1-20,28-30,33-34H,21H2,(H,36,38,45)/b27-20+/t28?,29-,30-,33?,34?/m1/s1. The first kappa shape index (κ1) is 29.0. The zero-order valence-electron chi connectivity index (χ0n) is 23.9. The van der Waals surface area contributed by atoms with E-state index in [-0.39, 0.29) is 17.3 Å². The van der Waals surface area contributed by atoms with Crippen molar-refractivity contribution in [3.8, 4) is 11.5 Å². The highest BCUT2D eigenvalue weighted by atomic mass is 32.1. The van der Waals surface area contributed by atoms with Gasteiger partial charge < -0.3 is 23.7 Å². The summed E-state index contributed by atoms with van der Waals surface area (Å²) in [4.78, 5) is 28.4. The van der Waals surface area contributed by atoms with E-state index in [0.717, 1.165) is 11.1 Å². The van der Waals surface area contributed by atoms with Gasteiger partial charge in [0.25, 0.3) is 11.8 Å². The van der Waals surface area contributed by atoms with Gasteiger partial charge in [-0.2, -0.15) is 0 Å². The van der Waals surface area contributed by atoms with E-state index in [1.807, 2.05) is 91.0 Å². The van der Waals surface area contributed by atoms with Crippen LogP contribution in [0.25, 0.3) is 0 Å². The van der Waals surface area contributed by atoms with Crippen LogP contribution in [-0.4, -0.2) is 41.8 Å². The number of hydrogen-bond acceptors (Lipinski definition) is 8. The first-order valence-electron chi connectivity index (χ1n) is 14.5. The molecule has 3 saturated heterocycles. The average Bonchev–Trinajstić information content (AvgIpc) is 3.08. The highest BCUT2D eigenvalue weighted by molar-refractivity contribution is 7.80. The van der Waals surface area contributed by atoms with Gasteiger partial charge in [0.15, 0.2) is 17.7 Å². The van der Waals surface area contributed by atoms with Gasteiger partial charge in [0.05, 0.1) is 12.3 Å². The molecule has 3 aliphatic rings.